The Balaban J connectivity index is 1.46. The van der Waals surface area contributed by atoms with E-state index < -0.39 is 0 Å². The first kappa shape index (κ1) is 14.1. The number of allylic oxidation sites excluding steroid dienone is 2. The van der Waals surface area contributed by atoms with Crippen LogP contribution in [0.4, 0.5) is 0 Å². The zero-order valence-corrected chi connectivity index (χ0v) is 13.8. The van der Waals surface area contributed by atoms with Gasteiger partial charge in [0.15, 0.2) is 0 Å². The van der Waals surface area contributed by atoms with Crippen LogP contribution in [0.3, 0.4) is 0 Å². The van der Waals surface area contributed by atoms with Crippen LogP contribution in [0.25, 0.3) is 0 Å². The molecule has 0 unspecified atom stereocenters. The van der Waals surface area contributed by atoms with E-state index in [4.69, 9.17) is 23.2 Å². The number of carbonyl (C=O) groups excluding carboxylic acids is 2. The molecule has 1 spiro atoms. The van der Waals surface area contributed by atoms with Gasteiger partial charge in [-0.15, -0.1) is 0 Å². The van der Waals surface area contributed by atoms with Crippen molar-refractivity contribution in [2.24, 2.45) is 29.1 Å². The first-order chi connectivity index (χ1) is 11.0. The number of rotatable bonds is 2. The van der Waals surface area contributed by atoms with Crippen molar-refractivity contribution in [3.63, 3.8) is 0 Å². The normalized spacial score (nSPS) is 35.5. The number of benzene rings is 1. The number of amides is 2. The van der Waals surface area contributed by atoms with Gasteiger partial charge in [-0.25, -0.2) is 0 Å². The van der Waals surface area contributed by atoms with Gasteiger partial charge in [0.25, 0.3) is 0 Å². The summed E-state index contributed by atoms with van der Waals surface area (Å²) in [5.41, 5.74) is 1.00. The zero-order valence-electron chi connectivity index (χ0n) is 12.3. The summed E-state index contributed by atoms with van der Waals surface area (Å²) >= 11 is 12.1. The van der Waals surface area contributed by atoms with Crippen LogP contribution in [0.5, 0.6) is 0 Å². The second-order valence-corrected chi connectivity index (χ2v) is 8.06. The van der Waals surface area contributed by atoms with Gasteiger partial charge in [0.1, 0.15) is 0 Å². The van der Waals surface area contributed by atoms with Crippen LogP contribution in [-0.2, 0) is 16.1 Å². The molecule has 4 aliphatic rings. The molecule has 3 fully saturated rings. The lowest BCUT2D eigenvalue weighted by Gasteiger charge is -2.22. The Morgan fingerprint density at radius 1 is 1.04 bits per heavy atom. The molecule has 1 heterocycles. The molecule has 4 atom stereocenters. The molecule has 118 valence electrons. The highest BCUT2D eigenvalue weighted by atomic mass is 35.5. The van der Waals surface area contributed by atoms with Crippen molar-refractivity contribution in [1.82, 2.24) is 4.90 Å². The van der Waals surface area contributed by atoms with Crippen LogP contribution < -0.4 is 0 Å². The molecule has 3 nitrogen and oxygen atoms in total. The molecule has 0 N–H and O–H groups in total. The molecule has 5 heteroatoms. The van der Waals surface area contributed by atoms with Crippen LogP contribution in [-0.4, -0.2) is 16.7 Å². The van der Waals surface area contributed by atoms with Crippen molar-refractivity contribution >= 4 is 35.0 Å². The second kappa shape index (κ2) is 4.40. The lowest BCUT2D eigenvalue weighted by Crippen LogP contribution is -2.34. The lowest BCUT2D eigenvalue weighted by atomic mass is 9.85. The quantitative estimate of drug-likeness (QED) is 0.604. The third-order valence-electron chi connectivity index (χ3n) is 6.29. The highest BCUT2D eigenvalue weighted by Gasteiger charge is 2.73. The second-order valence-electron chi connectivity index (χ2n) is 7.22. The maximum Gasteiger partial charge on any atom is 0.234 e. The van der Waals surface area contributed by atoms with Gasteiger partial charge >= 0.3 is 0 Å². The molecule has 2 bridgehead atoms. The number of fused-ring (bicyclic) bond motifs is 3. The molecule has 5 rings (SSSR count). The molecule has 3 aliphatic carbocycles. The maximum atomic E-state index is 12.9. The van der Waals surface area contributed by atoms with Gasteiger partial charge < -0.3 is 0 Å². The number of carbonyl (C=O) groups is 2. The average molecular weight is 348 g/mol. The Kier molecular flexibility index (Phi) is 2.69. The fourth-order valence-corrected chi connectivity index (χ4v) is 5.58. The van der Waals surface area contributed by atoms with E-state index in [0.29, 0.717) is 10.0 Å². The van der Waals surface area contributed by atoms with Crippen LogP contribution in [0, 0.1) is 29.1 Å². The summed E-state index contributed by atoms with van der Waals surface area (Å²) in [5, 5.41) is 1.04. The van der Waals surface area contributed by atoms with Crippen molar-refractivity contribution in [3.05, 3.63) is 46.0 Å². The summed E-state index contributed by atoms with van der Waals surface area (Å²) in [5.74, 6) is 0.194. The predicted molar refractivity (Wildman–Crippen MR) is 86.8 cm³/mol. The Hall–Kier alpha value is -1.32. The zero-order chi connectivity index (χ0) is 15.9. The monoisotopic (exact) mass is 347 g/mol. The number of imide groups is 1. The van der Waals surface area contributed by atoms with Crippen molar-refractivity contribution in [3.8, 4) is 0 Å². The number of hydrogen-bond acceptors (Lipinski definition) is 2. The molecular formula is C18H15Cl2NO2. The molecule has 1 aliphatic heterocycles. The summed E-state index contributed by atoms with van der Waals surface area (Å²) in [6.45, 7) is 0.243. The van der Waals surface area contributed by atoms with E-state index in [-0.39, 0.29) is 47.4 Å². The van der Waals surface area contributed by atoms with E-state index in [9.17, 15) is 9.59 Å². The van der Waals surface area contributed by atoms with Crippen molar-refractivity contribution in [2.45, 2.75) is 19.4 Å². The number of likely N-dealkylation sites (tertiary alicyclic amines) is 1. The molecule has 2 amide bonds. The Labute approximate surface area is 144 Å². The van der Waals surface area contributed by atoms with E-state index in [2.05, 4.69) is 12.2 Å². The van der Waals surface area contributed by atoms with E-state index >= 15 is 0 Å². The Morgan fingerprint density at radius 2 is 1.65 bits per heavy atom. The first-order valence-electron chi connectivity index (χ1n) is 8.00. The Morgan fingerprint density at radius 3 is 2.17 bits per heavy atom. The van der Waals surface area contributed by atoms with Crippen molar-refractivity contribution in [1.29, 1.82) is 0 Å². The van der Waals surface area contributed by atoms with Gasteiger partial charge in [-0.3, -0.25) is 14.5 Å². The van der Waals surface area contributed by atoms with Crippen molar-refractivity contribution in [2.75, 3.05) is 0 Å². The van der Waals surface area contributed by atoms with Crippen LogP contribution in [0.1, 0.15) is 18.4 Å². The summed E-state index contributed by atoms with van der Waals surface area (Å²) in [7, 11) is 0. The van der Waals surface area contributed by atoms with E-state index in [1.54, 1.807) is 18.2 Å². The van der Waals surface area contributed by atoms with Gasteiger partial charge in [-0.1, -0.05) is 41.4 Å². The minimum Gasteiger partial charge on any atom is -0.278 e. The van der Waals surface area contributed by atoms with Crippen LogP contribution in [0.2, 0.25) is 10.0 Å². The molecule has 1 aromatic carbocycles. The third kappa shape index (κ3) is 1.67. The summed E-state index contributed by atoms with van der Waals surface area (Å²) in [4.78, 5) is 27.2. The van der Waals surface area contributed by atoms with Gasteiger partial charge in [0.05, 0.1) is 18.4 Å². The highest BCUT2D eigenvalue weighted by molar-refractivity contribution is 6.35. The number of halogens is 2. The average Bonchev–Trinajstić information content (AvgIpc) is 3.12. The van der Waals surface area contributed by atoms with Crippen molar-refractivity contribution < 1.29 is 9.59 Å². The largest absolute Gasteiger partial charge is 0.278 e. The minimum atomic E-state index is -0.147. The van der Waals surface area contributed by atoms with Crippen LogP contribution >= 0.6 is 23.2 Å². The van der Waals surface area contributed by atoms with E-state index in [0.717, 1.165) is 18.4 Å². The fraction of sp³-hybridized carbons (Fsp3) is 0.444. The first-order valence-corrected chi connectivity index (χ1v) is 8.76. The van der Waals surface area contributed by atoms with Gasteiger partial charge in [-0.2, -0.15) is 0 Å². The summed E-state index contributed by atoms with van der Waals surface area (Å²) in [6, 6.07) is 5.17. The predicted octanol–water partition coefficient (Wildman–Crippen LogP) is 3.69. The molecular weight excluding hydrogens is 333 g/mol. The van der Waals surface area contributed by atoms with Gasteiger partial charge in [-0.05, 0) is 47.8 Å². The maximum absolute atomic E-state index is 12.9. The van der Waals surface area contributed by atoms with E-state index in [1.807, 2.05) is 0 Å². The van der Waals surface area contributed by atoms with E-state index in [1.165, 1.54) is 4.90 Å². The highest BCUT2D eigenvalue weighted by Crippen LogP contribution is 2.73. The van der Waals surface area contributed by atoms with Gasteiger partial charge in [0.2, 0.25) is 11.8 Å². The number of hydrogen-bond donors (Lipinski definition) is 0. The minimum absolute atomic E-state index is 0.0193. The summed E-state index contributed by atoms with van der Waals surface area (Å²) < 4.78 is 0. The van der Waals surface area contributed by atoms with Gasteiger partial charge in [0, 0.05) is 10.0 Å². The summed E-state index contributed by atoms with van der Waals surface area (Å²) in [6.07, 6.45) is 6.68. The SMILES string of the molecule is O=C1[C@@H]2[C@@H](C(=O)N1Cc1ccc(Cl)cc1Cl)[C@@H]1C=C[C@H]2C12CC2. The lowest BCUT2D eigenvalue weighted by molar-refractivity contribution is -0.141. The fourth-order valence-electron chi connectivity index (χ4n) is 5.12. The molecule has 0 aromatic heterocycles. The smallest absolute Gasteiger partial charge is 0.234 e. The molecule has 2 saturated carbocycles. The molecule has 1 aromatic rings. The molecule has 1 saturated heterocycles. The number of nitrogens with zero attached hydrogens (tertiary/aromatic N) is 1. The molecule has 0 radical (unpaired) electrons. The Bertz CT molecular complexity index is 749. The standard InChI is InChI=1S/C18H15Cl2NO2/c19-10-2-1-9(13(20)7-10)8-21-16(22)14-11-3-4-12(15(14)17(21)23)18(11)5-6-18/h1-4,7,11-12,14-15H,5-6,8H2/t11-,12+,14-,15-/m0/s1. The topological polar surface area (TPSA) is 37.4 Å². The van der Waals surface area contributed by atoms with Crippen LogP contribution in [0.15, 0.2) is 30.4 Å². The molecule has 23 heavy (non-hydrogen) atoms. The third-order valence-corrected chi connectivity index (χ3v) is 6.87.